The Morgan fingerprint density at radius 3 is 3.00 bits per heavy atom. The summed E-state index contributed by atoms with van der Waals surface area (Å²) >= 11 is 14.7. The number of nitrogens with zero attached hydrogens (tertiary/aromatic N) is 2. The highest BCUT2D eigenvalue weighted by Gasteiger charge is 2.03. The fourth-order valence-electron chi connectivity index (χ4n) is 1.63. The van der Waals surface area contributed by atoms with Crippen molar-refractivity contribution in [2.45, 2.75) is 13.0 Å². The van der Waals surface area contributed by atoms with Gasteiger partial charge >= 0.3 is 0 Å². The number of nitrogens with one attached hydrogen (secondary N) is 2. The van der Waals surface area contributed by atoms with Gasteiger partial charge in [0.1, 0.15) is 0 Å². The van der Waals surface area contributed by atoms with Gasteiger partial charge in [-0.3, -0.25) is 4.68 Å². The van der Waals surface area contributed by atoms with Gasteiger partial charge in [0, 0.05) is 30.0 Å². The van der Waals surface area contributed by atoms with Gasteiger partial charge in [-0.2, -0.15) is 5.10 Å². The van der Waals surface area contributed by atoms with Crippen LogP contribution in [0.4, 0.5) is 5.69 Å². The van der Waals surface area contributed by atoms with Crippen LogP contribution in [0.5, 0.6) is 0 Å². The minimum atomic E-state index is 0.565. The molecule has 0 aliphatic carbocycles. The third-order valence-electron chi connectivity index (χ3n) is 2.59. The largest absolute Gasteiger partial charge is 0.362 e. The van der Waals surface area contributed by atoms with Gasteiger partial charge in [-0.1, -0.05) is 27.5 Å². The molecule has 0 atom stereocenters. The van der Waals surface area contributed by atoms with Crippen molar-refractivity contribution in [3.8, 4) is 0 Å². The number of anilines is 1. The first-order valence-electron chi connectivity index (χ1n) is 6.12. The molecule has 2 rings (SSSR count). The minimum absolute atomic E-state index is 0.565. The lowest BCUT2D eigenvalue weighted by Crippen LogP contribution is -2.29. The molecule has 7 heteroatoms. The van der Waals surface area contributed by atoms with E-state index in [1.54, 1.807) is 6.20 Å². The Morgan fingerprint density at radius 2 is 2.30 bits per heavy atom. The molecule has 0 aliphatic rings. The maximum Gasteiger partial charge on any atom is 0.170 e. The summed E-state index contributed by atoms with van der Waals surface area (Å²) in [7, 11) is 0. The number of hydrogen-bond acceptors (Lipinski definition) is 2. The van der Waals surface area contributed by atoms with Crippen molar-refractivity contribution >= 4 is 50.5 Å². The molecule has 0 saturated carbocycles. The zero-order valence-electron chi connectivity index (χ0n) is 10.6. The summed E-state index contributed by atoms with van der Waals surface area (Å²) < 4.78 is 2.83. The van der Waals surface area contributed by atoms with E-state index in [1.807, 2.05) is 35.1 Å². The smallest absolute Gasteiger partial charge is 0.170 e. The van der Waals surface area contributed by atoms with Crippen LogP contribution in [0.3, 0.4) is 0 Å². The van der Waals surface area contributed by atoms with Crippen LogP contribution in [0.25, 0.3) is 0 Å². The standard InChI is InChI=1S/C13H14BrClN4S/c14-10-3-4-12(11(15)9-10)18-13(20)16-5-1-7-19-8-2-6-17-19/h2-4,6,8-9H,1,5,7H2,(H2,16,18,20). The first-order valence-corrected chi connectivity index (χ1v) is 7.70. The maximum atomic E-state index is 6.11. The number of thiocarbonyl (C=S) groups is 1. The Labute approximate surface area is 136 Å². The Hall–Kier alpha value is -1.11. The van der Waals surface area contributed by atoms with Gasteiger partial charge in [0.15, 0.2) is 5.11 Å². The molecule has 0 aliphatic heterocycles. The van der Waals surface area contributed by atoms with E-state index in [0.717, 1.165) is 29.7 Å². The van der Waals surface area contributed by atoms with Gasteiger partial charge in [0.25, 0.3) is 0 Å². The van der Waals surface area contributed by atoms with Gasteiger partial charge in [0.2, 0.25) is 0 Å². The molecule has 0 amide bonds. The fraction of sp³-hybridized carbons (Fsp3) is 0.231. The first kappa shape index (κ1) is 15.3. The third-order valence-corrected chi connectivity index (χ3v) is 3.64. The molecule has 0 saturated heterocycles. The molecular formula is C13H14BrClN4S. The minimum Gasteiger partial charge on any atom is -0.362 e. The van der Waals surface area contributed by atoms with E-state index in [0.29, 0.717) is 10.1 Å². The number of hydrogen-bond donors (Lipinski definition) is 2. The Kier molecular flexibility index (Phi) is 5.82. The van der Waals surface area contributed by atoms with Crippen LogP contribution >= 0.6 is 39.7 Å². The molecule has 1 aromatic carbocycles. The Bertz CT molecular complexity index is 574. The summed E-state index contributed by atoms with van der Waals surface area (Å²) in [6, 6.07) is 7.53. The molecule has 1 heterocycles. The summed E-state index contributed by atoms with van der Waals surface area (Å²) in [6.07, 6.45) is 4.66. The van der Waals surface area contributed by atoms with Crippen LogP contribution in [0, 0.1) is 0 Å². The predicted octanol–water partition coefficient (Wildman–Crippen LogP) is 3.68. The number of rotatable bonds is 5. The highest BCUT2D eigenvalue weighted by atomic mass is 79.9. The van der Waals surface area contributed by atoms with E-state index in [9.17, 15) is 0 Å². The van der Waals surface area contributed by atoms with Crippen molar-refractivity contribution in [3.05, 3.63) is 46.2 Å². The molecule has 20 heavy (non-hydrogen) atoms. The molecule has 0 bridgehead atoms. The van der Waals surface area contributed by atoms with Crippen molar-refractivity contribution in [1.29, 1.82) is 0 Å². The second-order valence-corrected chi connectivity index (χ2v) is 5.86. The summed E-state index contributed by atoms with van der Waals surface area (Å²) in [5.74, 6) is 0. The molecular weight excluding hydrogens is 360 g/mol. The summed E-state index contributed by atoms with van der Waals surface area (Å²) in [4.78, 5) is 0. The number of benzene rings is 1. The average Bonchev–Trinajstić information content (AvgIpc) is 2.91. The summed E-state index contributed by atoms with van der Waals surface area (Å²) in [6.45, 7) is 1.64. The van der Waals surface area contributed by atoms with E-state index in [1.165, 1.54) is 0 Å². The van der Waals surface area contributed by atoms with E-state index < -0.39 is 0 Å². The third kappa shape index (κ3) is 4.77. The summed E-state index contributed by atoms with van der Waals surface area (Å²) in [5.41, 5.74) is 0.791. The van der Waals surface area contributed by atoms with Gasteiger partial charge in [0.05, 0.1) is 10.7 Å². The molecule has 2 aromatic rings. The number of halogens is 2. The molecule has 106 valence electrons. The van der Waals surface area contributed by atoms with Gasteiger partial charge in [-0.05, 0) is 42.9 Å². The van der Waals surface area contributed by atoms with Gasteiger partial charge in [-0.15, -0.1) is 0 Å². The van der Waals surface area contributed by atoms with Crippen molar-refractivity contribution in [2.24, 2.45) is 0 Å². The zero-order valence-corrected chi connectivity index (χ0v) is 13.8. The lowest BCUT2D eigenvalue weighted by atomic mass is 10.3. The molecule has 0 radical (unpaired) electrons. The fourth-order valence-corrected chi connectivity index (χ4v) is 2.57. The second kappa shape index (κ2) is 7.61. The van der Waals surface area contributed by atoms with Crippen molar-refractivity contribution in [3.63, 3.8) is 0 Å². The SMILES string of the molecule is S=C(NCCCn1cccn1)Nc1ccc(Br)cc1Cl. The van der Waals surface area contributed by atoms with Crippen molar-refractivity contribution in [2.75, 3.05) is 11.9 Å². The highest BCUT2D eigenvalue weighted by Crippen LogP contribution is 2.25. The molecule has 0 fully saturated rings. The lowest BCUT2D eigenvalue weighted by Gasteiger charge is -2.12. The average molecular weight is 374 g/mol. The van der Waals surface area contributed by atoms with E-state index >= 15 is 0 Å². The topological polar surface area (TPSA) is 41.9 Å². The zero-order chi connectivity index (χ0) is 14.4. The number of aryl methyl sites for hydroxylation is 1. The van der Waals surface area contributed by atoms with E-state index in [4.69, 9.17) is 23.8 Å². The summed E-state index contributed by atoms with van der Waals surface area (Å²) in [5, 5.41) is 11.5. The first-order chi connectivity index (χ1) is 9.65. The van der Waals surface area contributed by atoms with Crippen LogP contribution in [0.2, 0.25) is 5.02 Å². The monoisotopic (exact) mass is 372 g/mol. The predicted molar refractivity (Wildman–Crippen MR) is 90.2 cm³/mol. The lowest BCUT2D eigenvalue weighted by molar-refractivity contribution is 0.574. The normalized spacial score (nSPS) is 10.3. The van der Waals surface area contributed by atoms with Crippen molar-refractivity contribution in [1.82, 2.24) is 15.1 Å². The van der Waals surface area contributed by atoms with Crippen LogP contribution in [0.1, 0.15) is 6.42 Å². The maximum absolute atomic E-state index is 6.11. The van der Waals surface area contributed by atoms with Gasteiger partial charge in [-0.25, -0.2) is 0 Å². The Balaban J connectivity index is 1.72. The van der Waals surface area contributed by atoms with E-state index in [-0.39, 0.29) is 0 Å². The van der Waals surface area contributed by atoms with Crippen LogP contribution in [-0.4, -0.2) is 21.4 Å². The Morgan fingerprint density at radius 1 is 1.45 bits per heavy atom. The van der Waals surface area contributed by atoms with Gasteiger partial charge < -0.3 is 10.6 Å². The molecule has 4 nitrogen and oxygen atoms in total. The van der Waals surface area contributed by atoms with Crippen LogP contribution in [-0.2, 0) is 6.54 Å². The number of aromatic nitrogens is 2. The molecule has 0 unspecified atom stereocenters. The quantitative estimate of drug-likeness (QED) is 0.620. The van der Waals surface area contributed by atoms with Crippen molar-refractivity contribution < 1.29 is 0 Å². The highest BCUT2D eigenvalue weighted by molar-refractivity contribution is 9.10. The molecule has 1 aromatic heterocycles. The van der Waals surface area contributed by atoms with Crippen LogP contribution < -0.4 is 10.6 Å². The van der Waals surface area contributed by atoms with Crippen LogP contribution in [0.15, 0.2) is 41.1 Å². The molecule has 2 N–H and O–H groups in total. The second-order valence-electron chi connectivity index (χ2n) is 4.13. The van der Waals surface area contributed by atoms with E-state index in [2.05, 4.69) is 31.7 Å². The molecule has 0 spiro atoms.